The number of halogens is 1. The highest BCUT2D eigenvalue weighted by Gasteiger charge is 2.36. The third-order valence-electron chi connectivity index (χ3n) is 3.45. The number of sulfonamides is 1. The Balaban J connectivity index is 2.38. The van der Waals surface area contributed by atoms with Crippen molar-refractivity contribution in [2.24, 2.45) is 5.84 Å². The second-order valence-electron chi connectivity index (χ2n) is 4.93. The van der Waals surface area contributed by atoms with Crippen LogP contribution in [0.1, 0.15) is 20.3 Å². The lowest BCUT2D eigenvalue weighted by atomic mass is 10.2. The predicted octanol–water partition coefficient (Wildman–Crippen LogP) is 1.21. The van der Waals surface area contributed by atoms with Crippen LogP contribution in [0.4, 0.5) is 5.82 Å². The summed E-state index contributed by atoms with van der Waals surface area (Å²) in [5.41, 5.74) is 2.31. The molecule has 2 heterocycles. The van der Waals surface area contributed by atoms with Crippen molar-refractivity contribution < 1.29 is 13.2 Å². The molecule has 7 nitrogen and oxygen atoms in total. The molecule has 1 aliphatic rings. The summed E-state index contributed by atoms with van der Waals surface area (Å²) in [4.78, 5) is 3.98. The highest BCUT2D eigenvalue weighted by atomic mass is 35.5. The van der Waals surface area contributed by atoms with Crippen molar-refractivity contribution in [2.45, 2.75) is 37.3 Å². The zero-order valence-corrected chi connectivity index (χ0v) is 13.5. The van der Waals surface area contributed by atoms with Crippen LogP contribution in [0.5, 0.6) is 0 Å². The largest absolute Gasteiger partial charge is 0.375 e. The number of hydrogen-bond donors (Lipinski definition) is 2. The first-order chi connectivity index (χ1) is 9.90. The second-order valence-corrected chi connectivity index (χ2v) is 7.22. The number of ether oxygens (including phenoxy) is 1. The average molecular weight is 335 g/mol. The minimum absolute atomic E-state index is 0.0547. The molecule has 0 radical (unpaired) electrons. The van der Waals surface area contributed by atoms with E-state index in [0.29, 0.717) is 19.6 Å². The van der Waals surface area contributed by atoms with Crippen molar-refractivity contribution in [3.05, 3.63) is 17.3 Å². The number of nitrogens with one attached hydrogen (secondary N) is 1. The van der Waals surface area contributed by atoms with Gasteiger partial charge in [-0.25, -0.2) is 19.2 Å². The lowest BCUT2D eigenvalue weighted by Gasteiger charge is -2.37. The van der Waals surface area contributed by atoms with Gasteiger partial charge in [-0.05, 0) is 19.4 Å². The van der Waals surface area contributed by atoms with Crippen LogP contribution in [0.25, 0.3) is 0 Å². The SMILES string of the molecule is CCC1COC(C)CN1S(=O)(=O)c1cnc(NN)c(Cl)c1. The van der Waals surface area contributed by atoms with Gasteiger partial charge in [0.15, 0.2) is 5.82 Å². The lowest BCUT2D eigenvalue weighted by Crippen LogP contribution is -2.51. The highest BCUT2D eigenvalue weighted by Crippen LogP contribution is 2.27. The molecular formula is C12H19ClN4O3S. The maximum Gasteiger partial charge on any atom is 0.245 e. The van der Waals surface area contributed by atoms with E-state index in [1.807, 2.05) is 13.8 Å². The van der Waals surface area contributed by atoms with Gasteiger partial charge in [-0.2, -0.15) is 4.31 Å². The summed E-state index contributed by atoms with van der Waals surface area (Å²) in [5, 5.41) is 0.160. The molecule has 0 spiro atoms. The van der Waals surface area contributed by atoms with Gasteiger partial charge in [0, 0.05) is 18.8 Å². The Hall–Kier alpha value is -0.930. The third kappa shape index (κ3) is 3.29. The van der Waals surface area contributed by atoms with Crippen LogP contribution in [-0.2, 0) is 14.8 Å². The van der Waals surface area contributed by atoms with Gasteiger partial charge in [-0.15, -0.1) is 0 Å². The van der Waals surface area contributed by atoms with E-state index in [4.69, 9.17) is 22.2 Å². The van der Waals surface area contributed by atoms with Crippen LogP contribution >= 0.6 is 11.6 Å². The first-order valence-corrected chi connectivity index (χ1v) is 8.47. The standard InChI is InChI=1S/C12H19ClN4O3S/c1-3-9-7-20-8(2)6-17(9)21(18,19)10-4-11(13)12(16-14)15-5-10/h4-5,8-9H,3,6-7,14H2,1-2H3,(H,15,16). The summed E-state index contributed by atoms with van der Waals surface area (Å²) in [6.45, 7) is 4.48. The molecule has 0 aromatic carbocycles. The molecule has 9 heteroatoms. The molecule has 0 bridgehead atoms. The van der Waals surface area contributed by atoms with Crippen molar-refractivity contribution in [3.63, 3.8) is 0 Å². The van der Waals surface area contributed by atoms with Crippen molar-refractivity contribution in [1.29, 1.82) is 0 Å². The molecule has 1 aliphatic heterocycles. The summed E-state index contributed by atoms with van der Waals surface area (Å²) in [7, 11) is -3.67. The van der Waals surface area contributed by atoms with Gasteiger partial charge >= 0.3 is 0 Å². The Labute approximate surface area is 129 Å². The van der Waals surface area contributed by atoms with E-state index in [1.54, 1.807) is 0 Å². The van der Waals surface area contributed by atoms with Gasteiger partial charge in [-0.3, -0.25) is 0 Å². The maximum atomic E-state index is 12.8. The molecule has 2 rings (SSSR count). The summed E-state index contributed by atoms with van der Waals surface area (Å²) in [5.74, 6) is 5.48. The highest BCUT2D eigenvalue weighted by molar-refractivity contribution is 7.89. The second kappa shape index (κ2) is 6.45. The van der Waals surface area contributed by atoms with Crippen molar-refractivity contribution >= 4 is 27.4 Å². The van der Waals surface area contributed by atoms with Crippen molar-refractivity contribution in [3.8, 4) is 0 Å². The fourth-order valence-corrected chi connectivity index (χ4v) is 4.25. The summed E-state index contributed by atoms with van der Waals surface area (Å²) in [6.07, 6.45) is 1.79. The van der Waals surface area contributed by atoms with E-state index in [9.17, 15) is 8.42 Å². The molecule has 0 aliphatic carbocycles. The maximum absolute atomic E-state index is 12.8. The Morgan fingerprint density at radius 3 is 2.90 bits per heavy atom. The van der Waals surface area contributed by atoms with E-state index in [2.05, 4.69) is 10.4 Å². The van der Waals surface area contributed by atoms with Gasteiger partial charge in [-0.1, -0.05) is 18.5 Å². The summed E-state index contributed by atoms with van der Waals surface area (Å²) in [6, 6.07) is 1.17. The van der Waals surface area contributed by atoms with Gasteiger partial charge in [0.25, 0.3) is 0 Å². The van der Waals surface area contributed by atoms with E-state index < -0.39 is 10.0 Å². The summed E-state index contributed by atoms with van der Waals surface area (Å²) >= 11 is 5.96. The minimum Gasteiger partial charge on any atom is -0.375 e. The number of nitrogen functional groups attached to an aromatic ring is 1. The number of hydrogen-bond acceptors (Lipinski definition) is 6. The van der Waals surface area contributed by atoms with E-state index in [0.717, 1.165) is 0 Å². The minimum atomic E-state index is -3.67. The van der Waals surface area contributed by atoms with E-state index in [1.165, 1.54) is 16.6 Å². The predicted molar refractivity (Wildman–Crippen MR) is 80.4 cm³/mol. The zero-order valence-electron chi connectivity index (χ0n) is 11.9. The lowest BCUT2D eigenvalue weighted by molar-refractivity contribution is -0.0230. The Morgan fingerprint density at radius 2 is 2.33 bits per heavy atom. The van der Waals surface area contributed by atoms with Crippen LogP contribution < -0.4 is 11.3 Å². The number of anilines is 1. The van der Waals surface area contributed by atoms with Crippen LogP contribution in [0.2, 0.25) is 5.02 Å². The average Bonchev–Trinajstić information content (AvgIpc) is 2.47. The number of hydrazine groups is 1. The van der Waals surface area contributed by atoms with Crippen LogP contribution in [0.3, 0.4) is 0 Å². The number of nitrogens with two attached hydrogens (primary N) is 1. The third-order valence-corrected chi connectivity index (χ3v) is 5.62. The molecule has 0 saturated carbocycles. The molecule has 1 aromatic heterocycles. The molecule has 3 N–H and O–H groups in total. The van der Waals surface area contributed by atoms with Gasteiger partial charge in [0.1, 0.15) is 4.90 Å². The smallest absolute Gasteiger partial charge is 0.245 e. The molecular weight excluding hydrogens is 316 g/mol. The van der Waals surface area contributed by atoms with Crippen LogP contribution in [-0.4, -0.2) is 43.0 Å². The van der Waals surface area contributed by atoms with Gasteiger partial charge in [0.05, 0.1) is 17.7 Å². The number of morpholine rings is 1. The Kier molecular flexibility index (Phi) is 5.05. The number of aromatic nitrogens is 1. The quantitative estimate of drug-likeness (QED) is 0.634. The monoisotopic (exact) mass is 334 g/mol. The number of pyridine rings is 1. The van der Waals surface area contributed by atoms with Crippen LogP contribution in [0, 0.1) is 0 Å². The molecule has 21 heavy (non-hydrogen) atoms. The first kappa shape index (κ1) is 16.4. The Morgan fingerprint density at radius 1 is 1.62 bits per heavy atom. The molecule has 1 aromatic rings. The molecule has 0 amide bonds. The zero-order chi connectivity index (χ0) is 15.6. The fraction of sp³-hybridized carbons (Fsp3) is 0.583. The van der Waals surface area contributed by atoms with Crippen molar-refractivity contribution in [2.75, 3.05) is 18.6 Å². The normalized spacial score (nSPS) is 24.0. The molecule has 1 saturated heterocycles. The van der Waals surface area contributed by atoms with E-state index in [-0.39, 0.29) is 27.9 Å². The van der Waals surface area contributed by atoms with Crippen LogP contribution in [0.15, 0.2) is 17.2 Å². The van der Waals surface area contributed by atoms with Crippen molar-refractivity contribution in [1.82, 2.24) is 9.29 Å². The Bertz CT molecular complexity index is 611. The number of nitrogens with zero attached hydrogens (tertiary/aromatic N) is 2. The fourth-order valence-electron chi connectivity index (χ4n) is 2.23. The molecule has 1 fully saturated rings. The van der Waals surface area contributed by atoms with Gasteiger partial charge < -0.3 is 10.2 Å². The van der Waals surface area contributed by atoms with E-state index >= 15 is 0 Å². The number of rotatable bonds is 4. The molecule has 118 valence electrons. The van der Waals surface area contributed by atoms with Gasteiger partial charge in [0.2, 0.25) is 10.0 Å². The topological polar surface area (TPSA) is 97.5 Å². The molecule has 2 atom stereocenters. The summed E-state index contributed by atoms with van der Waals surface area (Å²) < 4.78 is 32.5. The first-order valence-electron chi connectivity index (χ1n) is 6.65. The molecule has 2 unspecified atom stereocenters.